The van der Waals surface area contributed by atoms with Crippen molar-refractivity contribution in [3.05, 3.63) is 77.6 Å². The van der Waals surface area contributed by atoms with Gasteiger partial charge >= 0.3 is 5.97 Å². The molecule has 1 saturated carbocycles. The second kappa shape index (κ2) is 7.98. The van der Waals surface area contributed by atoms with Crippen LogP contribution in [0.2, 0.25) is 0 Å². The molecule has 2 aromatic carbocycles. The van der Waals surface area contributed by atoms with Crippen LogP contribution in [0.5, 0.6) is 0 Å². The molecule has 4 rings (SSSR count). The average molecular weight is 386 g/mol. The van der Waals surface area contributed by atoms with Crippen LogP contribution < -0.4 is 5.32 Å². The molecule has 1 aliphatic rings. The van der Waals surface area contributed by atoms with E-state index >= 15 is 0 Å². The Morgan fingerprint density at radius 2 is 1.93 bits per heavy atom. The average Bonchev–Trinajstić information content (AvgIpc) is 3.51. The van der Waals surface area contributed by atoms with Gasteiger partial charge in [-0.2, -0.15) is 10.4 Å². The Bertz CT molecular complexity index is 1090. The summed E-state index contributed by atoms with van der Waals surface area (Å²) in [5.74, 6) is -0.724. The van der Waals surface area contributed by atoms with E-state index in [1.165, 1.54) is 0 Å². The summed E-state index contributed by atoms with van der Waals surface area (Å²) in [6.07, 6.45) is 2.12. The second-order valence-corrected chi connectivity index (χ2v) is 6.79. The summed E-state index contributed by atoms with van der Waals surface area (Å²) in [5, 5.41) is 16.1. The van der Waals surface area contributed by atoms with Gasteiger partial charge in [0.15, 0.2) is 12.3 Å². The lowest BCUT2D eigenvalue weighted by atomic mass is 10.2. The lowest BCUT2D eigenvalue weighted by Crippen LogP contribution is -2.22. The molecule has 1 aromatic heterocycles. The fraction of sp³-hybridized carbons (Fsp3) is 0.182. The molecule has 0 unspecified atom stereocenters. The van der Waals surface area contributed by atoms with E-state index in [1.807, 2.05) is 36.4 Å². The highest BCUT2D eigenvalue weighted by atomic mass is 16.5. The molecule has 29 heavy (non-hydrogen) atoms. The van der Waals surface area contributed by atoms with Crippen molar-refractivity contribution in [2.45, 2.75) is 18.8 Å². The van der Waals surface area contributed by atoms with Gasteiger partial charge in [0.05, 0.1) is 23.0 Å². The van der Waals surface area contributed by atoms with Crippen molar-refractivity contribution in [1.82, 2.24) is 9.78 Å². The van der Waals surface area contributed by atoms with E-state index < -0.39 is 18.5 Å². The van der Waals surface area contributed by atoms with E-state index in [4.69, 9.17) is 10.00 Å². The lowest BCUT2D eigenvalue weighted by molar-refractivity contribution is -0.119. The van der Waals surface area contributed by atoms with Crippen molar-refractivity contribution in [3.8, 4) is 11.8 Å². The standard InChI is InChI=1S/C22H18N4O3/c23-13-15-5-4-6-17(11-15)24-21(27)14-29-22(28)20-12-19(16-9-10-16)25-26(20)18-7-2-1-3-8-18/h1-8,11-12,16H,9-10,14H2,(H,24,27). The van der Waals surface area contributed by atoms with Crippen LogP contribution in [0.3, 0.4) is 0 Å². The highest BCUT2D eigenvalue weighted by Crippen LogP contribution is 2.39. The monoisotopic (exact) mass is 386 g/mol. The Hall–Kier alpha value is -3.92. The van der Waals surface area contributed by atoms with Crippen molar-refractivity contribution in [2.75, 3.05) is 11.9 Å². The Labute approximate surface area is 167 Å². The molecule has 1 amide bonds. The largest absolute Gasteiger partial charge is 0.451 e. The van der Waals surface area contributed by atoms with Crippen molar-refractivity contribution < 1.29 is 14.3 Å². The number of para-hydroxylation sites is 1. The van der Waals surface area contributed by atoms with Crippen LogP contribution >= 0.6 is 0 Å². The van der Waals surface area contributed by atoms with Crippen LogP contribution in [-0.2, 0) is 9.53 Å². The second-order valence-electron chi connectivity index (χ2n) is 6.79. The summed E-state index contributed by atoms with van der Waals surface area (Å²) in [4.78, 5) is 24.8. The van der Waals surface area contributed by atoms with Gasteiger partial charge < -0.3 is 10.1 Å². The summed E-state index contributed by atoms with van der Waals surface area (Å²) in [5.41, 5.74) is 2.80. The summed E-state index contributed by atoms with van der Waals surface area (Å²) in [6, 6.07) is 19.6. The topological polar surface area (TPSA) is 97.0 Å². The third kappa shape index (κ3) is 4.33. The molecule has 0 atom stereocenters. The number of aromatic nitrogens is 2. The number of ether oxygens (including phenoxy) is 1. The van der Waals surface area contributed by atoms with E-state index in [9.17, 15) is 9.59 Å². The number of hydrogen-bond acceptors (Lipinski definition) is 5. The Kier molecular flexibility index (Phi) is 5.08. The Morgan fingerprint density at radius 1 is 1.14 bits per heavy atom. The first-order chi connectivity index (χ1) is 14.1. The van der Waals surface area contributed by atoms with Gasteiger partial charge in [0.1, 0.15) is 0 Å². The highest BCUT2D eigenvalue weighted by molar-refractivity contribution is 5.95. The van der Waals surface area contributed by atoms with Gasteiger partial charge in [-0.3, -0.25) is 4.79 Å². The molecular weight excluding hydrogens is 368 g/mol. The quantitative estimate of drug-likeness (QED) is 0.655. The molecule has 1 fully saturated rings. The van der Waals surface area contributed by atoms with Crippen LogP contribution in [-0.4, -0.2) is 28.3 Å². The summed E-state index contributed by atoms with van der Waals surface area (Å²) < 4.78 is 6.78. The van der Waals surface area contributed by atoms with E-state index in [0.717, 1.165) is 24.2 Å². The van der Waals surface area contributed by atoms with Crippen LogP contribution in [0.1, 0.15) is 40.5 Å². The highest BCUT2D eigenvalue weighted by Gasteiger charge is 2.29. The molecule has 0 radical (unpaired) electrons. The van der Waals surface area contributed by atoms with Crippen molar-refractivity contribution >= 4 is 17.6 Å². The molecular formula is C22H18N4O3. The minimum absolute atomic E-state index is 0.289. The van der Waals surface area contributed by atoms with E-state index in [2.05, 4.69) is 10.4 Å². The molecule has 7 heteroatoms. The van der Waals surface area contributed by atoms with Gasteiger partial charge in [-0.1, -0.05) is 24.3 Å². The first-order valence-corrected chi connectivity index (χ1v) is 9.26. The fourth-order valence-corrected chi connectivity index (χ4v) is 2.96. The number of esters is 1. The molecule has 0 spiro atoms. The number of anilines is 1. The van der Waals surface area contributed by atoms with Gasteiger partial charge in [-0.05, 0) is 49.2 Å². The molecule has 0 aliphatic heterocycles. The van der Waals surface area contributed by atoms with Crippen molar-refractivity contribution in [3.63, 3.8) is 0 Å². The summed E-state index contributed by atoms with van der Waals surface area (Å²) in [6.45, 7) is -0.436. The van der Waals surface area contributed by atoms with Crippen molar-refractivity contribution in [2.24, 2.45) is 0 Å². The maximum atomic E-state index is 12.6. The smallest absolute Gasteiger partial charge is 0.357 e. The summed E-state index contributed by atoms with van der Waals surface area (Å²) in [7, 11) is 0. The van der Waals surface area contributed by atoms with Gasteiger partial charge in [0.2, 0.25) is 0 Å². The number of hydrogen-bond donors (Lipinski definition) is 1. The fourth-order valence-electron chi connectivity index (χ4n) is 2.96. The Balaban J connectivity index is 1.45. The zero-order valence-corrected chi connectivity index (χ0v) is 15.5. The number of amides is 1. The molecule has 0 bridgehead atoms. The number of carbonyl (C=O) groups is 2. The molecule has 1 aliphatic carbocycles. The number of nitrogens with zero attached hydrogens (tertiary/aromatic N) is 3. The number of rotatable bonds is 6. The minimum atomic E-state index is -0.617. The van der Waals surface area contributed by atoms with Gasteiger partial charge in [-0.15, -0.1) is 0 Å². The third-order valence-corrected chi connectivity index (χ3v) is 4.54. The van der Waals surface area contributed by atoms with Gasteiger partial charge in [-0.25, -0.2) is 9.48 Å². The lowest BCUT2D eigenvalue weighted by Gasteiger charge is -2.08. The first-order valence-electron chi connectivity index (χ1n) is 9.26. The predicted molar refractivity (Wildman–Crippen MR) is 106 cm³/mol. The van der Waals surface area contributed by atoms with Crippen LogP contribution in [0.15, 0.2) is 60.7 Å². The maximum absolute atomic E-state index is 12.6. The molecule has 1 N–H and O–H groups in total. The normalized spacial score (nSPS) is 12.8. The molecule has 7 nitrogen and oxygen atoms in total. The zero-order chi connectivity index (χ0) is 20.2. The zero-order valence-electron chi connectivity index (χ0n) is 15.5. The van der Waals surface area contributed by atoms with Gasteiger partial charge in [0.25, 0.3) is 5.91 Å². The third-order valence-electron chi connectivity index (χ3n) is 4.54. The van der Waals surface area contributed by atoms with E-state index in [1.54, 1.807) is 35.0 Å². The van der Waals surface area contributed by atoms with Gasteiger partial charge in [0, 0.05) is 11.6 Å². The van der Waals surface area contributed by atoms with E-state index in [0.29, 0.717) is 17.2 Å². The van der Waals surface area contributed by atoms with Crippen LogP contribution in [0, 0.1) is 11.3 Å². The minimum Gasteiger partial charge on any atom is -0.451 e. The first kappa shape index (κ1) is 18.4. The molecule has 3 aromatic rings. The number of carbonyl (C=O) groups excluding carboxylic acids is 2. The molecule has 1 heterocycles. The van der Waals surface area contributed by atoms with Crippen LogP contribution in [0.25, 0.3) is 5.69 Å². The number of nitrogens with one attached hydrogen (secondary N) is 1. The SMILES string of the molecule is N#Cc1cccc(NC(=O)COC(=O)c2cc(C3CC3)nn2-c2ccccc2)c1. The number of nitriles is 1. The number of benzene rings is 2. The van der Waals surface area contributed by atoms with Crippen LogP contribution in [0.4, 0.5) is 5.69 Å². The van der Waals surface area contributed by atoms with E-state index in [-0.39, 0.29) is 5.69 Å². The molecule has 144 valence electrons. The Morgan fingerprint density at radius 3 is 2.66 bits per heavy atom. The van der Waals surface area contributed by atoms with Crippen molar-refractivity contribution in [1.29, 1.82) is 5.26 Å². The summed E-state index contributed by atoms with van der Waals surface area (Å²) >= 11 is 0. The molecule has 0 saturated heterocycles. The predicted octanol–water partition coefficient (Wildman–Crippen LogP) is 3.42. The maximum Gasteiger partial charge on any atom is 0.357 e.